The van der Waals surface area contributed by atoms with Crippen molar-refractivity contribution in [1.29, 1.82) is 0 Å². The normalized spacial score (nSPS) is 14.4. The SMILES string of the molecule is Cc1ccccc1C(=O)Nc1nnc(CN2C(=O)CCC2=O)o1. The predicted molar refractivity (Wildman–Crippen MR) is 78.2 cm³/mol. The lowest BCUT2D eigenvalue weighted by Gasteiger charge is -2.09. The minimum Gasteiger partial charge on any atom is -0.406 e. The molecule has 0 spiro atoms. The van der Waals surface area contributed by atoms with Gasteiger partial charge in [-0.1, -0.05) is 23.3 Å². The van der Waals surface area contributed by atoms with E-state index in [2.05, 4.69) is 15.5 Å². The Morgan fingerprint density at radius 3 is 2.61 bits per heavy atom. The average Bonchev–Trinajstić information content (AvgIpc) is 3.09. The average molecular weight is 314 g/mol. The van der Waals surface area contributed by atoms with Gasteiger partial charge in [0.1, 0.15) is 6.54 Å². The van der Waals surface area contributed by atoms with Gasteiger partial charge in [-0.2, -0.15) is 0 Å². The molecule has 8 nitrogen and oxygen atoms in total. The summed E-state index contributed by atoms with van der Waals surface area (Å²) in [4.78, 5) is 36.3. The van der Waals surface area contributed by atoms with E-state index in [1.165, 1.54) is 0 Å². The van der Waals surface area contributed by atoms with Crippen LogP contribution in [-0.4, -0.2) is 32.8 Å². The Hall–Kier alpha value is -3.03. The second-order valence-corrected chi connectivity index (χ2v) is 5.14. The van der Waals surface area contributed by atoms with Crippen molar-refractivity contribution in [2.24, 2.45) is 0 Å². The summed E-state index contributed by atoms with van der Waals surface area (Å²) in [7, 11) is 0. The molecular formula is C15H14N4O4. The standard InChI is InChI=1S/C15H14N4O4/c1-9-4-2-3-5-10(9)14(22)16-15-18-17-11(23-15)8-19-12(20)6-7-13(19)21/h2-5H,6-8H2,1H3,(H,16,18,22). The van der Waals surface area contributed by atoms with Crippen LogP contribution in [0, 0.1) is 6.92 Å². The Labute approximate surface area is 131 Å². The molecule has 0 radical (unpaired) electrons. The van der Waals surface area contributed by atoms with Crippen LogP contribution in [0.25, 0.3) is 0 Å². The van der Waals surface area contributed by atoms with Crippen LogP contribution in [0.5, 0.6) is 0 Å². The molecule has 1 aromatic carbocycles. The van der Waals surface area contributed by atoms with Crippen molar-refractivity contribution < 1.29 is 18.8 Å². The van der Waals surface area contributed by atoms with Gasteiger partial charge in [0.2, 0.25) is 17.7 Å². The molecule has 1 saturated heterocycles. The van der Waals surface area contributed by atoms with Crippen molar-refractivity contribution in [1.82, 2.24) is 15.1 Å². The first kappa shape index (κ1) is 14.9. The second kappa shape index (κ2) is 5.99. The van der Waals surface area contributed by atoms with E-state index in [4.69, 9.17) is 4.42 Å². The number of aromatic nitrogens is 2. The number of amides is 3. The highest BCUT2D eigenvalue weighted by molar-refractivity contribution is 6.04. The number of aryl methyl sites for hydroxylation is 1. The zero-order valence-electron chi connectivity index (χ0n) is 12.4. The van der Waals surface area contributed by atoms with Crippen LogP contribution in [-0.2, 0) is 16.1 Å². The van der Waals surface area contributed by atoms with E-state index in [0.29, 0.717) is 5.56 Å². The second-order valence-electron chi connectivity index (χ2n) is 5.14. The molecule has 8 heteroatoms. The molecule has 1 fully saturated rings. The molecule has 0 bridgehead atoms. The number of rotatable bonds is 4. The van der Waals surface area contributed by atoms with Crippen LogP contribution in [0.2, 0.25) is 0 Å². The van der Waals surface area contributed by atoms with E-state index in [1.54, 1.807) is 12.1 Å². The number of carbonyl (C=O) groups is 3. The molecule has 0 saturated carbocycles. The lowest BCUT2D eigenvalue weighted by molar-refractivity contribution is -0.139. The van der Waals surface area contributed by atoms with Gasteiger partial charge < -0.3 is 4.42 Å². The van der Waals surface area contributed by atoms with Crippen molar-refractivity contribution in [3.05, 3.63) is 41.3 Å². The third-order valence-corrected chi connectivity index (χ3v) is 3.53. The zero-order valence-corrected chi connectivity index (χ0v) is 12.4. The van der Waals surface area contributed by atoms with Crippen LogP contribution in [0.1, 0.15) is 34.7 Å². The molecule has 23 heavy (non-hydrogen) atoms. The van der Waals surface area contributed by atoms with E-state index < -0.39 is 0 Å². The van der Waals surface area contributed by atoms with Crippen molar-refractivity contribution in [2.75, 3.05) is 5.32 Å². The maximum absolute atomic E-state index is 12.1. The lowest BCUT2D eigenvalue weighted by Crippen LogP contribution is -2.28. The number of imide groups is 1. The number of likely N-dealkylation sites (tertiary alicyclic amines) is 1. The van der Waals surface area contributed by atoms with Gasteiger partial charge in [-0.25, -0.2) is 0 Å². The maximum Gasteiger partial charge on any atom is 0.322 e. The van der Waals surface area contributed by atoms with Gasteiger partial charge in [-0.15, -0.1) is 5.10 Å². The van der Waals surface area contributed by atoms with Crippen LogP contribution in [0.15, 0.2) is 28.7 Å². The summed E-state index contributed by atoms with van der Waals surface area (Å²) in [6.07, 6.45) is 0.397. The fourth-order valence-electron chi connectivity index (χ4n) is 2.29. The van der Waals surface area contributed by atoms with Gasteiger partial charge in [0.25, 0.3) is 5.91 Å². The monoisotopic (exact) mass is 314 g/mol. The van der Waals surface area contributed by atoms with E-state index >= 15 is 0 Å². The lowest BCUT2D eigenvalue weighted by atomic mass is 10.1. The largest absolute Gasteiger partial charge is 0.406 e. The molecule has 3 amide bonds. The van der Waals surface area contributed by atoms with Crippen LogP contribution in [0.3, 0.4) is 0 Å². The van der Waals surface area contributed by atoms with Gasteiger partial charge >= 0.3 is 6.01 Å². The van der Waals surface area contributed by atoms with E-state index in [-0.39, 0.29) is 49.0 Å². The van der Waals surface area contributed by atoms with Crippen LogP contribution in [0.4, 0.5) is 6.01 Å². The summed E-state index contributed by atoms with van der Waals surface area (Å²) in [6.45, 7) is 1.74. The first-order valence-electron chi connectivity index (χ1n) is 7.07. The molecule has 3 rings (SSSR count). The number of hydrogen-bond acceptors (Lipinski definition) is 6. The van der Waals surface area contributed by atoms with E-state index in [9.17, 15) is 14.4 Å². The van der Waals surface area contributed by atoms with Gasteiger partial charge in [0.15, 0.2) is 0 Å². The molecule has 1 aliphatic rings. The fourth-order valence-corrected chi connectivity index (χ4v) is 2.29. The first-order valence-corrected chi connectivity index (χ1v) is 7.07. The molecule has 1 aromatic heterocycles. The quantitative estimate of drug-likeness (QED) is 0.852. The number of anilines is 1. The fraction of sp³-hybridized carbons (Fsp3) is 0.267. The van der Waals surface area contributed by atoms with Crippen molar-refractivity contribution in [2.45, 2.75) is 26.3 Å². The Morgan fingerprint density at radius 1 is 1.22 bits per heavy atom. The molecule has 1 N–H and O–H groups in total. The number of nitrogens with one attached hydrogen (secondary N) is 1. The summed E-state index contributed by atoms with van der Waals surface area (Å²) in [5.41, 5.74) is 1.31. The van der Waals surface area contributed by atoms with Crippen molar-refractivity contribution >= 4 is 23.7 Å². The zero-order chi connectivity index (χ0) is 16.4. The summed E-state index contributed by atoms with van der Waals surface area (Å²) >= 11 is 0. The summed E-state index contributed by atoms with van der Waals surface area (Å²) < 4.78 is 5.27. The summed E-state index contributed by atoms with van der Waals surface area (Å²) in [5, 5.41) is 9.94. The van der Waals surface area contributed by atoms with E-state index in [0.717, 1.165) is 10.5 Å². The third-order valence-electron chi connectivity index (χ3n) is 3.53. The summed E-state index contributed by atoms with van der Waals surface area (Å²) in [5.74, 6) is -0.808. The summed E-state index contributed by atoms with van der Waals surface area (Å²) in [6, 6.07) is 7.02. The molecule has 0 atom stereocenters. The van der Waals surface area contributed by atoms with Gasteiger partial charge in [0.05, 0.1) is 0 Å². The molecule has 0 aliphatic carbocycles. The highest BCUT2D eigenvalue weighted by atomic mass is 16.4. The molecule has 118 valence electrons. The Balaban J connectivity index is 1.68. The predicted octanol–water partition coefficient (Wildman–Crippen LogP) is 1.28. The van der Waals surface area contributed by atoms with Crippen molar-refractivity contribution in [3.63, 3.8) is 0 Å². The van der Waals surface area contributed by atoms with Crippen LogP contribution >= 0.6 is 0 Å². The third kappa shape index (κ3) is 3.10. The number of hydrogen-bond donors (Lipinski definition) is 1. The van der Waals surface area contributed by atoms with Crippen molar-refractivity contribution in [3.8, 4) is 0 Å². The minimum absolute atomic E-state index is 0.0765. The Bertz CT molecular complexity index is 767. The van der Waals surface area contributed by atoms with Gasteiger partial charge in [0, 0.05) is 18.4 Å². The van der Waals surface area contributed by atoms with Crippen LogP contribution < -0.4 is 5.32 Å². The van der Waals surface area contributed by atoms with E-state index in [1.807, 2.05) is 19.1 Å². The smallest absolute Gasteiger partial charge is 0.322 e. The molecule has 2 heterocycles. The highest BCUT2D eigenvalue weighted by Gasteiger charge is 2.30. The van der Waals surface area contributed by atoms with Gasteiger partial charge in [-0.05, 0) is 18.6 Å². The Morgan fingerprint density at radius 2 is 1.91 bits per heavy atom. The number of carbonyl (C=O) groups excluding carboxylic acids is 3. The number of nitrogens with zero attached hydrogens (tertiary/aromatic N) is 3. The molecule has 2 aromatic rings. The highest BCUT2D eigenvalue weighted by Crippen LogP contribution is 2.17. The number of benzene rings is 1. The topological polar surface area (TPSA) is 105 Å². The maximum atomic E-state index is 12.1. The Kier molecular flexibility index (Phi) is 3.88. The first-order chi connectivity index (χ1) is 11.0. The molecule has 1 aliphatic heterocycles. The van der Waals surface area contributed by atoms with Gasteiger partial charge in [-0.3, -0.25) is 24.6 Å². The molecule has 0 unspecified atom stereocenters. The minimum atomic E-state index is -0.369. The molecular weight excluding hydrogens is 300 g/mol.